The zero-order chi connectivity index (χ0) is 15.6. The van der Waals surface area contributed by atoms with Crippen LogP contribution < -0.4 is 4.90 Å². The highest BCUT2D eigenvalue weighted by Gasteiger charge is 2.21. The third-order valence-electron chi connectivity index (χ3n) is 3.62. The monoisotopic (exact) mass is 304 g/mol. The Labute approximate surface area is 129 Å². The second kappa shape index (κ2) is 6.14. The van der Waals surface area contributed by atoms with Crippen LogP contribution in [0.15, 0.2) is 36.5 Å². The third kappa shape index (κ3) is 3.16. The van der Waals surface area contributed by atoms with Gasteiger partial charge < -0.3 is 10.0 Å². The highest BCUT2D eigenvalue weighted by Crippen LogP contribution is 2.28. The average molecular weight is 305 g/mol. The molecule has 0 aliphatic heterocycles. The highest BCUT2D eigenvalue weighted by molar-refractivity contribution is 6.30. The zero-order valence-electron chi connectivity index (χ0n) is 12.2. The van der Waals surface area contributed by atoms with Crippen LogP contribution in [-0.2, 0) is 0 Å². The van der Waals surface area contributed by atoms with E-state index in [4.69, 9.17) is 11.6 Å². The molecule has 1 N–H and O–H groups in total. The number of carbonyl (C=O) groups is 1. The van der Waals surface area contributed by atoms with Crippen molar-refractivity contribution in [3.05, 3.63) is 58.2 Å². The number of aromatic nitrogens is 1. The topological polar surface area (TPSA) is 53.4 Å². The number of carboxylic acids is 1. The molecule has 0 saturated carbocycles. The van der Waals surface area contributed by atoms with Crippen LogP contribution in [0.3, 0.4) is 0 Å². The number of nitrogens with zero attached hydrogens (tertiary/aromatic N) is 2. The Hall–Kier alpha value is -2.07. The number of aromatic carboxylic acids is 1. The summed E-state index contributed by atoms with van der Waals surface area (Å²) in [5.41, 5.74) is 1.98. The molecule has 0 spiro atoms. The zero-order valence-corrected chi connectivity index (χ0v) is 12.9. The molecule has 4 nitrogen and oxygen atoms in total. The molecule has 2 rings (SSSR count). The Morgan fingerprint density at radius 1 is 1.29 bits per heavy atom. The second-order valence-corrected chi connectivity index (χ2v) is 5.41. The van der Waals surface area contributed by atoms with Gasteiger partial charge in [0.05, 0.1) is 6.04 Å². The van der Waals surface area contributed by atoms with Crippen molar-refractivity contribution in [1.29, 1.82) is 0 Å². The summed E-state index contributed by atoms with van der Waals surface area (Å²) >= 11 is 5.90. The minimum absolute atomic E-state index is 0.0188. The van der Waals surface area contributed by atoms with E-state index in [0.29, 0.717) is 16.4 Å². The number of pyridine rings is 1. The van der Waals surface area contributed by atoms with Crippen LogP contribution in [-0.4, -0.2) is 23.1 Å². The maximum Gasteiger partial charge on any atom is 0.339 e. The molecule has 0 saturated heterocycles. The van der Waals surface area contributed by atoms with E-state index in [9.17, 15) is 9.90 Å². The van der Waals surface area contributed by atoms with Crippen molar-refractivity contribution in [2.24, 2.45) is 0 Å². The summed E-state index contributed by atoms with van der Waals surface area (Å²) < 4.78 is 0. The van der Waals surface area contributed by atoms with Gasteiger partial charge in [-0.15, -0.1) is 0 Å². The fraction of sp³-hybridized carbons (Fsp3) is 0.250. The number of halogens is 1. The van der Waals surface area contributed by atoms with Crippen LogP contribution in [0.1, 0.15) is 34.5 Å². The van der Waals surface area contributed by atoms with Crippen molar-refractivity contribution >= 4 is 23.4 Å². The maximum absolute atomic E-state index is 11.5. The lowest BCUT2D eigenvalue weighted by molar-refractivity contribution is 0.0696. The first kappa shape index (κ1) is 15.3. The summed E-state index contributed by atoms with van der Waals surface area (Å²) in [6.07, 6.45) is 1.63. The first-order chi connectivity index (χ1) is 9.91. The van der Waals surface area contributed by atoms with Gasteiger partial charge in [-0.3, -0.25) is 0 Å². The molecule has 0 amide bonds. The van der Waals surface area contributed by atoms with Crippen LogP contribution in [0.5, 0.6) is 0 Å². The van der Waals surface area contributed by atoms with E-state index in [2.05, 4.69) is 4.98 Å². The molecule has 5 heteroatoms. The van der Waals surface area contributed by atoms with Gasteiger partial charge in [0.15, 0.2) is 0 Å². The molecule has 110 valence electrons. The maximum atomic E-state index is 11.5. The largest absolute Gasteiger partial charge is 0.478 e. The van der Waals surface area contributed by atoms with Crippen LogP contribution >= 0.6 is 11.6 Å². The van der Waals surface area contributed by atoms with Gasteiger partial charge in [-0.05, 0) is 43.2 Å². The van der Waals surface area contributed by atoms with Crippen LogP contribution in [0, 0.1) is 6.92 Å². The Morgan fingerprint density at radius 3 is 2.48 bits per heavy atom. The number of anilines is 1. The summed E-state index contributed by atoms with van der Waals surface area (Å²) in [6.45, 7) is 3.77. The first-order valence-electron chi connectivity index (χ1n) is 6.59. The summed E-state index contributed by atoms with van der Waals surface area (Å²) in [4.78, 5) is 17.6. The second-order valence-electron chi connectivity index (χ2n) is 4.97. The van der Waals surface area contributed by atoms with Gasteiger partial charge >= 0.3 is 5.97 Å². The predicted molar refractivity (Wildman–Crippen MR) is 84.2 cm³/mol. The normalized spacial score (nSPS) is 12.0. The quantitative estimate of drug-likeness (QED) is 0.929. The van der Waals surface area contributed by atoms with Crippen molar-refractivity contribution in [3.8, 4) is 0 Å². The van der Waals surface area contributed by atoms with Crippen molar-refractivity contribution < 1.29 is 9.90 Å². The Kier molecular flexibility index (Phi) is 4.48. The molecule has 1 heterocycles. The molecular formula is C16H17ClN2O2. The predicted octanol–water partition coefficient (Wildman–Crippen LogP) is 3.94. The number of carboxylic acid groups (broad SMARTS) is 1. The van der Waals surface area contributed by atoms with Crippen molar-refractivity contribution in [1.82, 2.24) is 4.98 Å². The molecule has 1 aromatic heterocycles. The Balaban J connectivity index is 2.40. The molecule has 0 radical (unpaired) electrons. The van der Waals surface area contributed by atoms with Gasteiger partial charge in [0.25, 0.3) is 0 Å². The Morgan fingerprint density at radius 2 is 1.90 bits per heavy atom. The van der Waals surface area contributed by atoms with E-state index in [1.54, 1.807) is 19.2 Å². The van der Waals surface area contributed by atoms with Gasteiger partial charge in [-0.1, -0.05) is 23.7 Å². The first-order valence-corrected chi connectivity index (χ1v) is 6.96. The number of hydrogen-bond acceptors (Lipinski definition) is 3. The molecule has 0 bridgehead atoms. The molecule has 0 aliphatic rings. The number of rotatable bonds is 4. The lowest BCUT2D eigenvalue weighted by Gasteiger charge is -2.28. The van der Waals surface area contributed by atoms with Crippen molar-refractivity contribution in [2.45, 2.75) is 19.9 Å². The fourth-order valence-corrected chi connectivity index (χ4v) is 2.35. The summed E-state index contributed by atoms with van der Waals surface area (Å²) in [7, 11) is 1.84. The van der Waals surface area contributed by atoms with Gasteiger partial charge in [0.1, 0.15) is 11.4 Å². The molecule has 0 fully saturated rings. The molecule has 2 aromatic rings. The number of benzene rings is 1. The standard InChI is InChI=1S/C16H17ClN2O2/c1-10-8-9-18-15(14(10)16(20)21)19(3)11(2)12-4-6-13(17)7-5-12/h4-9,11H,1-3H3,(H,20,21). The van der Waals surface area contributed by atoms with E-state index in [1.165, 1.54) is 0 Å². The number of hydrogen-bond donors (Lipinski definition) is 1. The third-order valence-corrected chi connectivity index (χ3v) is 3.87. The Bertz CT molecular complexity index is 656. The minimum atomic E-state index is -0.967. The molecule has 0 aliphatic carbocycles. The lowest BCUT2D eigenvalue weighted by atomic mass is 10.1. The van der Waals surface area contributed by atoms with Crippen LogP contribution in [0.4, 0.5) is 5.82 Å². The van der Waals surface area contributed by atoms with Crippen LogP contribution in [0.25, 0.3) is 0 Å². The van der Waals surface area contributed by atoms with Crippen molar-refractivity contribution in [2.75, 3.05) is 11.9 Å². The fourth-order valence-electron chi connectivity index (χ4n) is 2.22. The van der Waals surface area contributed by atoms with Crippen molar-refractivity contribution in [3.63, 3.8) is 0 Å². The van der Waals surface area contributed by atoms with Gasteiger partial charge in [-0.2, -0.15) is 0 Å². The smallest absolute Gasteiger partial charge is 0.339 e. The lowest BCUT2D eigenvalue weighted by Crippen LogP contribution is -2.25. The average Bonchev–Trinajstić information content (AvgIpc) is 2.46. The number of aryl methyl sites for hydroxylation is 1. The van der Waals surface area contributed by atoms with E-state index < -0.39 is 5.97 Å². The van der Waals surface area contributed by atoms with E-state index in [0.717, 1.165) is 5.56 Å². The minimum Gasteiger partial charge on any atom is -0.478 e. The summed E-state index contributed by atoms with van der Waals surface area (Å²) in [5.74, 6) is -0.504. The highest BCUT2D eigenvalue weighted by atomic mass is 35.5. The summed E-state index contributed by atoms with van der Waals surface area (Å²) in [6, 6.07) is 9.19. The van der Waals surface area contributed by atoms with E-state index in [-0.39, 0.29) is 11.6 Å². The van der Waals surface area contributed by atoms with E-state index in [1.807, 2.05) is 43.1 Å². The van der Waals surface area contributed by atoms with Crippen LogP contribution in [0.2, 0.25) is 5.02 Å². The van der Waals surface area contributed by atoms with Gasteiger partial charge in [0.2, 0.25) is 0 Å². The van der Waals surface area contributed by atoms with Gasteiger partial charge in [0, 0.05) is 18.3 Å². The van der Waals surface area contributed by atoms with E-state index >= 15 is 0 Å². The molecule has 1 unspecified atom stereocenters. The molecule has 1 atom stereocenters. The molecule has 21 heavy (non-hydrogen) atoms. The summed E-state index contributed by atoms with van der Waals surface area (Å²) in [5, 5.41) is 10.1. The van der Waals surface area contributed by atoms with Gasteiger partial charge in [-0.25, -0.2) is 9.78 Å². The molecule has 1 aromatic carbocycles. The molecular weight excluding hydrogens is 288 g/mol. The SMILES string of the molecule is Cc1ccnc(N(C)C(C)c2ccc(Cl)cc2)c1C(=O)O.